The van der Waals surface area contributed by atoms with Crippen LogP contribution in [-0.2, 0) is 29.7 Å². The highest BCUT2D eigenvalue weighted by atomic mass is 35.5. The molecule has 0 radical (unpaired) electrons. The van der Waals surface area contributed by atoms with Crippen LogP contribution in [0.1, 0.15) is 0 Å². The predicted molar refractivity (Wildman–Crippen MR) is 142 cm³/mol. The molecule has 10 nitrogen and oxygen atoms in total. The number of hydrogen-bond acceptors (Lipinski definition) is 10. The van der Waals surface area contributed by atoms with Crippen molar-refractivity contribution < 1.29 is 35.4 Å². The quantitative estimate of drug-likeness (QED) is 0.337. The molecule has 0 spiro atoms. The van der Waals surface area contributed by atoms with E-state index in [2.05, 4.69) is 21.9 Å². The summed E-state index contributed by atoms with van der Waals surface area (Å²) in [6.07, 6.45) is 1.43. The first-order valence-corrected chi connectivity index (χ1v) is 16.9. The molecule has 0 aliphatic carbocycles. The van der Waals surface area contributed by atoms with Gasteiger partial charge in [-0.05, 0) is 18.2 Å². The molecule has 0 unspecified atom stereocenters. The summed E-state index contributed by atoms with van der Waals surface area (Å²) in [6.45, 7) is 9.90. The Labute approximate surface area is 222 Å². The fraction of sp³-hybridized carbons (Fsp3) is 0.700. The Kier molecular flexibility index (Phi) is 16.3. The summed E-state index contributed by atoms with van der Waals surface area (Å²) >= 11 is 10.2. The second kappa shape index (κ2) is 17.4. The highest BCUT2D eigenvalue weighted by molar-refractivity contribution is 8.00. The summed E-state index contributed by atoms with van der Waals surface area (Å²) in [4.78, 5) is 7.45. The first kappa shape index (κ1) is 32.9. The van der Waals surface area contributed by atoms with E-state index in [9.17, 15) is 16.8 Å². The minimum absolute atomic E-state index is 0.715. The second-order valence-electron chi connectivity index (χ2n) is 7.66. The monoisotopic (exact) mass is 594 g/mol. The maximum Gasteiger partial charge on any atom is 0.261 e. The Morgan fingerprint density at radius 1 is 0.829 bits per heavy atom. The molecule has 204 valence electrons. The van der Waals surface area contributed by atoms with E-state index < -0.39 is 20.2 Å². The predicted octanol–water partition coefficient (Wildman–Crippen LogP) is 2.20. The summed E-state index contributed by atoms with van der Waals surface area (Å²) in [5.41, 5.74) is 0. The highest BCUT2D eigenvalue weighted by Crippen LogP contribution is 2.31. The molecule has 2 saturated heterocycles. The lowest BCUT2D eigenvalue weighted by molar-refractivity contribution is 0.0409. The number of ether oxygens (including phenoxy) is 2. The van der Waals surface area contributed by atoms with Crippen LogP contribution in [0.2, 0.25) is 5.02 Å². The number of halogens is 1. The molecule has 3 rings (SSSR count). The van der Waals surface area contributed by atoms with Crippen LogP contribution < -0.4 is 0 Å². The number of thioether (sulfide) groups is 2. The van der Waals surface area contributed by atoms with Gasteiger partial charge in [0.2, 0.25) is 0 Å². The third-order valence-electron chi connectivity index (χ3n) is 4.45. The van der Waals surface area contributed by atoms with Gasteiger partial charge >= 0.3 is 0 Å². The number of morpholine rings is 2. The molecule has 2 fully saturated rings. The van der Waals surface area contributed by atoms with E-state index in [1.54, 1.807) is 0 Å². The second-order valence-corrected chi connectivity index (χ2v) is 13.3. The van der Waals surface area contributed by atoms with Crippen molar-refractivity contribution >= 4 is 55.4 Å². The smallest absolute Gasteiger partial charge is 0.261 e. The van der Waals surface area contributed by atoms with Crippen LogP contribution in [0.3, 0.4) is 0 Å². The van der Waals surface area contributed by atoms with Gasteiger partial charge in [-0.2, -0.15) is 16.8 Å². The Bertz CT molecular complexity index is 892. The number of rotatable bonds is 8. The topological polar surface area (TPSA) is 134 Å². The molecule has 2 aliphatic rings. The van der Waals surface area contributed by atoms with Gasteiger partial charge in [0.15, 0.2) is 0 Å². The first-order chi connectivity index (χ1) is 16.3. The van der Waals surface area contributed by atoms with Gasteiger partial charge in [-0.1, -0.05) is 11.6 Å². The van der Waals surface area contributed by atoms with Gasteiger partial charge in [0, 0.05) is 60.6 Å². The van der Waals surface area contributed by atoms with Crippen molar-refractivity contribution in [2.24, 2.45) is 0 Å². The van der Waals surface area contributed by atoms with Gasteiger partial charge in [-0.3, -0.25) is 18.9 Å². The molecule has 2 N–H and O–H groups in total. The largest absolute Gasteiger partial charge is 0.379 e. The van der Waals surface area contributed by atoms with Gasteiger partial charge in [0.05, 0.1) is 44.0 Å². The Morgan fingerprint density at radius 3 is 1.66 bits per heavy atom. The molecule has 1 aromatic carbocycles. The summed E-state index contributed by atoms with van der Waals surface area (Å²) < 4.78 is 62.5. The van der Waals surface area contributed by atoms with Crippen LogP contribution >= 0.6 is 35.1 Å². The Balaban J connectivity index is 0.000000519. The normalized spacial score (nSPS) is 17.6. The van der Waals surface area contributed by atoms with Crippen molar-refractivity contribution in [1.29, 1.82) is 0 Å². The lowest BCUT2D eigenvalue weighted by Gasteiger charge is -2.26. The van der Waals surface area contributed by atoms with Crippen molar-refractivity contribution in [3.63, 3.8) is 0 Å². The zero-order valence-corrected chi connectivity index (χ0v) is 24.0. The van der Waals surface area contributed by atoms with Crippen molar-refractivity contribution in [1.82, 2.24) is 9.80 Å². The third kappa shape index (κ3) is 20.6. The number of hydrogen-bond donors (Lipinski definition) is 2. The van der Waals surface area contributed by atoms with E-state index in [-0.39, 0.29) is 0 Å². The molecule has 0 atom stereocenters. The van der Waals surface area contributed by atoms with Crippen LogP contribution in [-0.4, -0.2) is 125 Å². The maximum atomic E-state index is 9.19. The van der Waals surface area contributed by atoms with Crippen molar-refractivity contribution in [3.8, 4) is 0 Å². The maximum absolute atomic E-state index is 9.19. The molecule has 1 aromatic rings. The summed E-state index contributed by atoms with van der Waals surface area (Å²) in [5.74, 6) is 2.18. The third-order valence-corrected chi connectivity index (χ3v) is 6.90. The zero-order valence-electron chi connectivity index (χ0n) is 20.0. The summed E-state index contributed by atoms with van der Waals surface area (Å²) in [7, 11) is -7.33. The van der Waals surface area contributed by atoms with Crippen LogP contribution in [0.4, 0.5) is 0 Å². The zero-order chi connectivity index (χ0) is 26.3. The number of nitrogens with zero attached hydrogens (tertiary/aromatic N) is 2. The van der Waals surface area contributed by atoms with Gasteiger partial charge in [0.1, 0.15) is 0 Å². The lowest BCUT2D eigenvalue weighted by Crippen LogP contribution is -2.37. The van der Waals surface area contributed by atoms with Crippen molar-refractivity contribution in [2.75, 3.05) is 89.7 Å². The first-order valence-electron chi connectivity index (χ1n) is 10.8. The minimum Gasteiger partial charge on any atom is -0.379 e. The molecule has 0 aromatic heterocycles. The van der Waals surface area contributed by atoms with Crippen LogP contribution in [0.15, 0.2) is 28.0 Å². The summed E-state index contributed by atoms with van der Waals surface area (Å²) in [6, 6.07) is 6.42. The van der Waals surface area contributed by atoms with Gasteiger partial charge in [-0.25, -0.2) is 0 Å². The van der Waals surface area contributed by atoms with Crippen LogP contribution in [0, 0.1) is 0 Å². The van der Waals surface area contributed by atoms with E-state index in [0.717, 1.165) is 82.2 Å². The Morgan fingerprint density at radius 2 is 1.23 bits per heavy atom. The minimum atomic E-state index is -3.67. The van der Waals surface area contributed by atoms with E-state index in [1.165, 1.54) is 9.79 Å². The van der Waals surface area contributed by atoms with Crippen molar-refractivity contribution in [3.05, 3.63) is 23.2 Å². The van der Waals surface area contributed by atoms with Gasteiger partial charge < -0.3 is 9.47 Å². The molecule has 0 amide bonds. The van der Waals surface area contributed by atoms with E-state index >= 15 is 0 Å². The fourth-order valence-electron chi connectivity index (χ4n) is 2.91. The molecule has 2 aliphatic heterocycles. The average molecular weight is 595 g/mol. The van der Waals surface area contributed by atoms with E-state index in [4.69, 9.17) is 30.2 Å². The number of benzene rings is 1. The molecular formula is C20H35ClN2O8S4. The highest BCUT2D eigenvalue weighted by Gasteiger charge is 2.12. The molecule has 15 heteroatoms. The van der Waals surface area contributed by atoms with Gasteiger partial charge in [0.25, 0.3) is 20.2 Å². The standard InChI is InChI=1S/C18H27ClN2O2S2.2CH4O3S/c19-17-2-1-16(24-13-7-20-3-9-22-10-4-20)15-18(17)25-14-8-21-5-11-23-12-6-21;2*1-5(2,3)4/h1-2,15H,3-14H2;2*1H3,(H,2,3,4). The van der Waals surface area contributed by atoms with Gasteiger partial charge in [-0.15, -0.1) is 23.5 Å². The molecule has 35 heavy (non-hydrogen) atoms. The van der Waals surface area contributed by atoms with Crippen LogP contribution in [0.25, 0.3) is 0 Å². The SMILES string of the molecule is CS(=O)(=O)O.CS(=O)(=O)O.Clc1ccc(SCCN2CCOCC2)cc1SCCN1CCOCC1. The molecular weight excluding hydrogens is 560 g/mol. The Hall–Kier alpha value is -0.130. The molecule has 2 heterocycles. The molecule has 0 saturated carbocycles. The fourth-order valence-corrected chi connectivity index (χ4v) is 5.20. The lowest BCUT2D eigenvalue weighted by atomic mass is 10.4. The van der Waals surface area contributed by atoms with Crippen molar-refractivity contribution in [2.45, 2.75) is 9.79 Å². The van der Waals surface area contributed by atoms with Crippen LogP contribution in [0.5, 0.6) is 0 Å². The molecule has 0 bridgehead atoms. The summed E-state index contributed by atoms with van der Waals surface area (Å²) in [5, 5.41) is 0.865. The van der Waals surface area contributed by atoms with E-state index in [0.29, 0.717) is 12.5 Å². The van der Waals surface area contributed by atoms with E-state index in [1.807, 2.05) is 29.6 Å². The average Bonchev–Trinajstić information content (AvgIpc) is 2.75.